The number of hydrogen-bond acceptors (Lipinski definition) is 4. The molecular formula is C19H22N2O4S. The quantitative estimate of drug-likeness (QED) is 0.787. The highest BCUT2D eigenvalue weighted by molar-refractivity contribution is 7.89. The van der Waals surface area contributed by atoms with Crippen LogP contribution in [0.1, 0.15) is 18.1 Å². The van der Waals surface area contributed by atoms with Crippen LogP contribution in [0.3, 0.4) is 0 Å². The minimum Gasteiger partial charge on any atom is -0.492 e. The van der Waals surface area contributed by atoms with Crippen LogP contribution in [0.2, 0.25) is 0 Å². The van der Waals surface area contributed by atoms with Gasteiger partial charge in [0.25, 0.3) is 0 Å². The van der Waals surface area contributed by atoms with Crippen LogP contribution >= 0.6 is 0 Å². The highest BCUT2D eigenvalue weighted by Gasteiger charge is 2.24. The lowest BCUT2D eigenvalue weighted by Crippen LogP contribution is -2.28. The molecule has 0 saturated heterocycles. The second-order valence-electron chi connectivity index (χ2n) is 6.27. The number of nitrogens with zero attached hydrogens (tertiary/aromatic N) is 1. The fourth-order valence-corrected chi connectivity index (χ4v) is 4.00. The van der Waals surface area contributed by atoms with Crippen molar-refractivity contribution < 1.29 is 17.9 Å². The minimum atomic E-state index is -3.61. The molecule has 0 saturated carbocycles. The molecular weight excluding hydrogens is 352 g/mol. The Kier molecular flexibility index (Phi) is 5.29. The summed E-state index contributed by atoms with van der Waals surface area (Å²) in [5, 5.41) is 0. The van der Waals surface area contributed by atoms with Crippen molar-refractivity contribution in [1.82, 2.24) is 4.72 Å². The maximum absolute atomic E-state index is 12.5. The van der Waals surface area contributed by atoms with Crippen LogP contribution in [0, 0.1) is 6.92 Å². The SMILES string of the molecule is CC(=O)N1CCc2cc(S(=O)(=O)NCCOc3ccc(C)cc3)ccc21. The maximum atomic E-state index is 12.5. The summed E-state index contributed by atoms with van der Waals surface area (Å²) in [5.74, 6) is 0.669. The Labute approximate surface area is 153 Å². The lowest BCUT2D eigenvalue weighted by molar-refractivity contribution is -0.116. The molecule has 1 aliphatic rings. The highest BCUT2D eigenvalue weighted by atomic mass is 32.2. The van der Waals surface area contributed by atoms with Crippen molar-refractivity contribution >= 4 is 21.6 Å². The molecule has 0 atom stereocenters. The number of fused-ring (bicyclic) bond motifs is 1. The number of sulfonamides is 1. The zero-order valence-electron chi connectivity index (χ0n) is 14.9. The van der Waals surface area contributed by atoms with E-state index < -0.39 is 10.0 Å². The fourth-order valence-electron chi connectivity index (χ4n) is 2.94. The van der Waals surface area contributed by atoms with E-state index in [0.29, 0.717) is 18.7 Å². The van der Waals surface area contributed by atoms with Gasteiger partial charge in [0, 0.05) is 25.7 Å². The van der Waals surface area contributed by atoms with E-state index in [-0.39, 0.29) is 24.0 Å². The molecule has 0 aromatic heterocycles. The molecule has 6 nitrogen and oxygen atoms in total. The molecule has 1 aliphatic heterocycles. The minimum absolute atomic E-state index is 0.0364. The van der Waals surface area contributed by atoms with E-state index in [1.54, 1.807) is 17.0 Å². The Morgan fingerprint density at radius 2 is 1.92 bits per heavy atom. The molecule has 1 heterocycles. The van der Waals surface area contributed by atoms with Gasteiger partial charge < -0.3 is 9.64 Å². The summed E-state index contributed by atoms with van der Waals surface area (Å²) >= 11 is 0. The molecule has 0 fully saturated rings. The van der Waals surface area contributed by atoms with Gasteiger partial charge in [0.05, 0.1) is 4.90 Å². The Morgan fingerprint density at radius 1 is 1.19 bits per heavy atom. The number of anilines is 1. The smallest absolute Gasteiger partial charge is 0.240 e. The van der Waals surface area contributed by atoms with Crippen LogP contribution < -0.4 is 14.4 Å². The Bertz CT molecular complexity index is 908. The molecule has 0 bridgehead atoms. The molecule has 0 radical (unpaired) electrons. The van der Waals surface area contributed by atoms with Gasteiger partial charge >= 0.3 is 0 Å². The Hall–Kier alpha value is -2.38. The van der Waals surface area contributed by atoms with E-state index in [1.807, 2.05) is 31.2 Å². The summed E-state index contributed by atoms with van der Waals surface area (Å²) < 4.78 is 33.0. The van der Waals surface area contributed by atoms with E-state index in [9.17, 15) is 13.2 Å². The van der Waals surface area contributed by atoms with Crippen LogP contribution in [0.4, 0.5) is 5.69 Å². The molecule has 2 aromatic rings. The summed E-state index contributed by atoms with van der Waals surface area (Å²) in [6.07, 6.45) is 0.662. The topological polar surface area (TPSA) is 75.7 Å². The third-order valence-corrected chi connectivity index (χ3v) is 5.78. The number of hydrogen-bond donors (Lipinski definition) is 1. The number of nitrogens with one attached hydrogen (secondary N) is 1. The third kappa shape index (κ3) is 4.05. The van der Waals surface area contributed by atoms with Crippen molar-refractivity contribution in [1.29, 1.82) is 0 Å². The molecule has 1 amide bonds. The molecule has 3 rings (SSSR count). The number of carbonyl (C=O) groups is 1. The number of benzene rings is 2. The number of carbonyl (C=O) groups excluding carboxylic acids is 1. The first-order valence-corrected chi connectivity index (χ1v) is 9.95. The monoisotopic (exact) mass is 374 g/mol. The second kappa shape index (κ2) is 7.47. The first-order valence-electron chi connectivity index (χ1n) is 8.47. The third-order valence-electron chi connectivity index (χ3n) is 4.32. The van der Waals surface area contributed by atoms with Gasteiger partial charge in [-0.3, -0.25) is 4.79 Å². The predicted octanol–water partition coefficient (Wildman–Crippen LogP) is 2.26. The average molecular weight is 374 g/mol. The molecule has 2 aromatic carbocycles. The largest absolute Gasteiger partial charge is 0.492 e. The maximum Gasteiger partial charge on any atom is 0.240 e. The molecule has 26 heavy (non-hydrogen) atoms. The predicted molar refractivity (Wildman–Crippen MR) is 100 cm³/mol. The van der Waals surface area contributed by atoms with Crippen molar-refractivity contribution in [3.63, 3.8) is 0 Å². The van der Waals surface area contributed by atoms with Crippen LogP contribution in [-0.4, -0.2) is 34.0 Å². The van der Waals surface area contributed by atoms with Crippen LogP contribution in [0.25, 0.3) is 0 Å². The van der Waals surface area contributed by atoms with Gasteiger partial charge in [0.2, 0.25) is 15.9 Å². The number of rotatable bonds is 6. The zero-order chi connectivity index (χ0) is 18.7. The van der Waals surface area contributed by atoms with Gasteiger partial charge in [-0.25, -0.2) is 13.1 Å². The van der Waals surface area contributed by atoms with Gasteiger partial charge in [-0.1, -0.05) is 17.7 Å². The van der Waals surface area contributed by atoms with E-state index in [4.69, 9.17) is 4.74 Å². The number of amides is 1. The summed E-state index contributed by atoms with van der Waals surface area (Å²) in [4.78, 5) is 13.4. The van der Waals surface area contributed by atoms with Crippen molar-refractivity contribution in [3.05, 3.63) is 53.6 Å². The van der Waals surface area contributed by atoms with Gasteiger partial charge in [-0.05, 0) is 49.2 Å². The molecule has 7 heteroatoms. The van der Waals surface area contributed by atoms with Crippen LogP contribution in [0.5, 0.6) is 5.75 Å². The van der Waals surface area contributed by atoms with Gasteiger partial charge in [0.15, 0.2) is 0 Å². The summed E-state index contributed by atoms with van der Waals surface area (Å²) in [6, 6.07) is 12.4. The lowest BCUT2D eigenvalue weighted by Gasteiger charge is -2.15. The van der Waals surface area contributed by atoms with E-state index in [1.165, 1.54) is 13.0 Å². The molecule has 138 valence electrons. The van der Waals surface area contributed by atoms with E-state index in [0.717, 1.165) is 16.8 Å². The second-order valence-corrected chi connectivity index (χ2v) is 8.04. The van der Waals surface area contributed by atoms with Gasteiger partial charge in [0.1, 0.15) is 12.4 Å². The van der Waals surface area contributed by atoms with E-state index in [2.05, 4.69) is 4.72 Å². The molecule has 0 spiro atoms. The average Bonchev–Trinajstić information content (AvgIpc) is 3.04. The van der Waals surface area contributed by atoms with Gasteiger partial charge in [-0.2, -0.15) is 0 Å². The summed E-state index contributed by atoms with van der Waals surface area (Å²) in [6.45, 7) is 4.50. The Morgan fingerprint density at radius 3 is 2.62 bits per heavy atom. The first kappa shape index (κ1) is 18.4. The van der Waals surface area contributed by atoms with Crippen molar-refractivity contribution in [3.8, 4) is 5.75 Å². The summed E-state index contributed by atoms with van der Waals surface area (Å²) in [5.41, 5.74) is 2.80. The zero-order valence-corrected chi connectivity index (χ0v) is 15.7. The highest BCUT2D eigenvalue weighted by Crippen LogP contribution is 2.30. The lowest BCUT2D eigenvalue weighted by atomic mass is 10.2. The standard InChI is InChI=1S/C19H22N2O4S/c1-14-3-5-17(6-4-14)25-12-10-20-26(23,24)18-7-8-19-16(13-18)9-11-21(19)15(2)22/h3-8,13,20H,9-12H2,1-2H3. The van der Waals surface area contributed by atoms with Crippen LogP contribution in [0.15, 0.2) is 47.4 Å². The molecule has 0 unspecified atom stereocenters. The van der Waals surface area contributed by atoms with Crippen molar-refractivity contribution in [2.45, 2.75) is 25.2 Å². The van der Waals surface area contributed by atoms with Crippen LogP contribution in [-0.2, 0) is 21.2 Å². The number of ether oxygens (including phenoxy) is 1. The summed E-state index contributed by atoms with van der Waals surface area (Å²) in [7, 11) is -3.61. The normalized spacial score (nSPS) is 13.5. The van der Waals surface area contributed by atoms with Gasteiger partial charge in [-0.15, -0.1) is 0 Å². The number of aryl methyl sites for hydroxylation is 1. The Balaban J connectivity index is 1.60. The fraction of sp³-hybridized carbons (Fsp3) is 0.316. The van der Waals surface area contributed by atoms with E-state index >= 15 is 0 Å². The molecule has 1 N–H and O–H groups in total. The van der Waals surface area contributed by atoms with Crippen molar-refractivity contribution in [2.75, 3.05) is 24.6 Å². The molecule has 0 aliphatic carbocycles. The van der Waals surface area contributed by atoms with Crippen molar-refractivity contribution in [2.24, 2.45) is 0 Å². The first-order chi connectivity index (χ1) is 12.4.